The number of nitrogens with zero attached hydrogens (tertiary/aromatic N) is 1. The van der Waals surface area contributed by atoms with Crippen molar-refractivity contribution in [2.45, 2.75) is 6.92 Å². The van der Waals surface area contributed by atoms with E-state index in [0.29, 0.717) is 0 Å². The van der Waals surface area contributed by atoms with Gasteiger partial charge in [0.15, 0.2) is 0 Å². The third-order valence-electron chi connectivity index (χ3n) is 1.93. The second-order valence-electron chi connectivity index (χ2n) is 3.06. The van der Waals surface area contributed by atoms with Gasteiger partial charge in [-0.15, -0.1) is 0 Å². The van der Waals surface area contributed by atoms with Crippen molar-refractivity contribution in [1.82, 2.24) is 4.68 Å². The Balaban J connectivity index is 2.55. The quantitative estimate of drug-likeness (QED) is 0.832. The summed E-state index contributed by atoms with van der Waals surface area (Å²) in [5.74, 6) is -0.0810. The Morgan fingerprint density at radius 3 is 2.93 bits per heavy atom. The fourth-order valence-electron chi connectivity index (χ4n) is 1.37. The second kappa shape index (κ2) is 3.46. The van der Waals surface area contributed by atoms with Crippen LogP contribution in [0.5, 0.6) is 0 Å². The van der Waals surface area contributed by atoms with Crippen molar-refractivity contribution in [2.24, 2.45) is 0 Å². The van der Waals surface area contributed by atoms with Gasteiger partial charge in [-0.2, -0.15) is 0 Å². The van der Waals surface area contributed by atoms with E-state index in [9.17, 15) is 4.79 Å². The molecule has 1 amide bonds. The first-order valence-electron chi connectivity index (χ1n) is 4.21. The van der Waals surface area contributed by atoms with Crippen LogP contribution < -0.4 is 5.43 Å². The molecule has 0 aliphatic rings. The van der Waals surface area contributed by atoms with Crippen LogP contribution in [-0.4, -0.2) is 10.6 Å². The smallest absolute Gasteiger partial charge is 0.235 e. The first-order chi connectivity index (χ1) is 6.66. The topological polar surface area (TPSA) is 34.0 Å². The van der Waals surface area contributed by atoms with Crippen molar-refractivity contribution in [3.8, 4) is 0 Å². The fraction of sp³-hybridized carbons (Fsp3) is 0.100. The zero-order chi connectivity index (χ0) is 10.1. The number of nitrogens with one attached hydrogen (secondary N) is 1. The molecule has 3 nitrogen and oxygen atoms in total. The summed E-state index contributed by atoms with van der Waals surface area (Å²) in [5, 5.41) is 1.10. The average Bonchev–Trinajstić information content (AvgIpc) is 2.47. The summed E-state index contributed by atoms with van der Waals surface area (Å²) in [5.41, 5.74) is 3.69. The molecule has 72 valence electrons. The van der Waals surface area contributed by atoms with Gasteiger partial charge in [-0.05, 0) is 18.2 Å². The summed E-state index contributed by atoms with van der Waals surface area (Å²) in [6, 6.07) is 7.89. The molecule has 1 aromatic heterocycles. The minimum atomic E-state index is -0.0810. The molecule has 1 heterocycles. The molecule has 0 aliphatic heterocycles. The number of carbonyl (C=O) groups is 1. The number of hydrogen-bond acceptors (Lipinski definition) is 1. The number of halogens is 1. The number of rotatable bonds is 1. The molecule has 0 saturated heterocycles. The van der Waals surface area contributed by atoms with Crippen LogP contribution in [0.15, 0.2) is 34.9 Å². The van der Waals surface area contributed by atoms with Crippen LogP contribution in [0.3, 0.4) is 0 Å². The summed E-state index contributed by atoms with van der Waals surface area (Å²) in [6.45, 7) is 1.49. The van der Waals surface area contributed by atoms with Crippen LogP contribution in [0, 0.1) is 0 Å². The molecule has 0 spiro atoms. The van der Waals surface area contributed by atoms with Gasteiger partial charge in [-0.25, -0.2) is 0 Å². The highest BCUT2D eigenvalue weighted by Crippen LogP contribution is 2.19. The SMILES string of the molecule is CC(=O)Nn1ccc2ccc(Br)cc21. The lowest BCUT2D eigenvalue weighted by Crippen LogP contribution is -2.18. The molecule has 0 fully saturated rings. The average molecular weight is 253 g/mol. The molecule has 0 saturated carbocycles. The third-order valence-corrected chi connectivity index (χ3v) is 2.43. The predicted octanol–water partition coefficient (Wildman–Crippen LogP) is 2.49. The lowest BCUT2D eigenvalue weighted by Gasteiger charge is -2.04. The number of carbonyl (C=O) groups excluding carboxylic acids is 1. The van der Waals surface area contributed by atoms with E-state index in [4.69, 9.17) is 0 Å². The van der Waals surface area contributed by atoms with E-state index in [-0.39, 0.29) is 5.91 Å². The fourth-order valence-corrected chi connectivity index (χ4v) is 1.72. The van der Waals surface area contributed by atoms with Crippen molar-refractivity contribution in [3.05, 3.63) is 34.9 Å². The Morgan fingerprint density at radius 2 is 2.21 bits per heavy atom. The van der Waals surface area contributed by atoms with Crippen LogP contribution in [-0.2, 0) is 4.79 Å². The maximum atomic E-state index is 10.9. The Hall–Kier alpha value is -1.29. The van der Waals surface area contributed by atoms with E-state index in [1.54, 1.807) is 4.68 Å². The van der Waals surface area contributed by atoms with E-state index >= 15 is 0 Å². The van der Waals surface area contributed by atoms with E-state index < -0.39 is 0 Å². The largest absolute Gasteiger partial charge is 0.274 e. The van der Waals surface area contributed by atoms with Gasteiger partial charge in [-0.3, -0.25) is 14.9 Å². The highest BCUT2D eigenvalue weighted by atomic mass is 79.9. The van der Waals surface area contributed by atoms with Gasteiger partial charge in [-0.1, -0.05) is 22.0 Å². The van der Waals surface area contributed by atoms with Crippen molar-refractivity contribution in [1.29, 1.82) is 0 Å². The molecule has 0 unspecified atom stereocenters. The molecule has 4 heteroatoms. The van der Waals surface area contributed by atoms with Crippen LogP contribution >= 0.6 is 15.9 Å². The monoisotopic (exact) mass is 252 g/mol. The van der Waals surface area contributed by atoms with Crippen LogP contribution in [0.4, 0.5) is 0 Å². The molecule has 0 bridgehead atoms. The first-order valence-corrected chi connectivity index (χ1v) is 5.00. The standard InChI is InChI=1S/C10H9BrN2O/c1-7(14)12-13-5-4-8-2-3-9(11)6-10(8)13/h2-6H,1H3,(H,12,14). The minimum absolute atomic E-state index is 0.0810. The minimum Gasteiger partial charge on any atom is -0.274 e. The zero-order valence-corrected chi connectivity index (χ0v) is 9.21. The number of amides is 1. The first kappa shape index (κ1) is 9.27. The van der Waals surface area contributed by atoms with Gasteiger partial charge in [0, 0.05) is 23.0 Å². The normalized spacial score (nSPS) is 10.4. The maximum Gasteiger partial charge on any atom is 0.235 e. The predicted molar refractivity (Wildman–Crippen MR) is 59.7 cm³/mol. The summed E-state index contributed by atoms with van der Waals surface area (Å²) in [7, 11) is 0. The molecular formula is C10H9BrN2O. The Morgan fingerprint density at radius 1 is 1.43 bits per heavy atom. The zero-order valence-electron chi connectivity index (χ0n) is 7.62. The lowest BCUT2D eigenvalue weighted by molar-refractivity contribution is -0.115. The van der Waals surface area contributed by atoms with Crippen molar-refractivity contribution < 1.29 is 4.79 Å². The Labute approximate surface area is 89.8 Å². The number of benzene rings is 1. The lowest BCUT2D eigenvalue weighted by atomic mass is 10.3. The number of fused-ring (bicyclic) bond motifs is 1. The van der Waals surface area contributed by atoms with Crippen molar-refractivity contribution >= 4 is 32.7 Å². The van der Waals surface area contributed by atoms with Gasteiger partial charge in [0.1, 0.15) is 0 Å². The molecule has 0 atom stereocenters. The van der Waals surface area contributed by atoms with Gasteiger partial charge < -0.3 is 0 Å². The number of hydrogen-bond donors (Lipinski definition) is 1. The molecule has 1 aromatic carbocycles. The second-order valence-corrected chi connectivity index (χ2v) is 3.97. The summed E-state index contributed by atoms with van der Waals surface area (Å²) in [6.07, 6.45) is 1.83. The van der Waals surface area contributed by atoms with Gasteiger partial charge in [0.05, 0.1) is 5.52 Å². The molecule has 0 aliphatic carbocycles. The van der Waals surface area contributed by atoms with E-state index in [2.05, 4.69) is 21.4 Å². The summed E-state index contributed by atoms with van der Waals surface area (Å²) >= 11 is 3.39. The maximum absolute atomic E-state index is 10.9. The summed E-state index contributed by atoms with van der Waals surface area (Å²) < 4.78 is 2.71. The van der Waals surface area contributed by atoms with Crippen molar-refractivity contribution in [2.75, 3.05) is 5.43 Å². The molecular weight excluding hydrogens is 244 g/mol. The molecule has 0 radical (unpaired) electrons. The molecule has 2 rings (SSSR count). The highest BCUT2D eigenvalue weighted by molar-refractivity contribution is 9.10. The van der Waals surface area contributed by atoms with Crippen molar-refractivity contribution in [3.63, 3.8) is 0 Å². The van der Waals surface area contributed by atoms with Crippen LogP contribution in [0.1, 0.15) is 6.92 Å². The van der Waals surface area contributed by atoms with Crippen LogP contribution in [0.25, 0.3) is 10.9 Å². The molecule has 14 heavy (non-hydrogen) atoms. The Kier molecular flexibility index (Phi) is 2.29. The number of aromatic nitrogens is 1. The summed E-state index contributed by atoms with van der Waals surface area (Å²) in [4.78, 5) is 10.9. The van der Waals surface area contributed by atoms with Gasteiger partial charge in [0.2, 0.25) is 5.91 Å². The van der Waals surface area contributed by atoms with Crippen LogP contribution in [0.2, 0.25) is 0 Å². The van der Waals surface area contributed by atoms with E-state index in [1.165, 1.54) is 6.92 Å². The van der Waals surface area contributed by atoms with Gasteiger partial charge in [0.25, 0.3) is 0 Å². The molecule has 2 aromatic rings. The third kappa shape index (κ3) is 1.65. The Bertz CT molecular complexity index is 490. The van der Waals surface area contributed by atoms with E-state index in [0.717, 1.165) is 15.4 Å². The highest BCUT2D eigenvalue weighted by Gasteiger charge is 2.01. The van der Waals surface area contributed by atoms with E-state index in [1.807, 2.05) is 30.5 Å². The van der Waals surface area contributed by atoms with Gasteiger partial charge >= 0.3 is 0 Å². The molecule has 1 N–H and O–H groups in total.